The number of nitrogens with one attached hydrogen (secondary N) is 2. The summed E-state index contributed by atoms with van der Waals surface area (Å²) < 4.78 is 13.6. The molecule has 0 atom stereocenters. The first kappa shape index (κ1) is 21.9. The highest BCUT2D eigenvalue weighted by atomic mass is 19.1. The molecule has 1 aliphatic rings. The van der Waals surface area contributed by atoms with Crippen LogP contribution in [-0.2, 0) is 0 Å². The van der Waals surface area contributed by atoms with Crippen LogP contribution < -0.4 is 5.32 Å². The molecule has 160 valence electrons. The second-order valence-electron chi connectivity index (χ2n) is 8.02. The van der Waals surface area contributed by atoms with Gasteiger partial charge in [-0.3, -0.25) is 4.79 Å². The molecule has 1 amide bonds. The predicted molar refractivity (Wildman–Crippen MR) is 119 cm³/mol. The van der Waals surface area contributed by atoms with Crippen molar-refractivity contribution in [2.75, 3.05) is 6.54 Å². The summed E-state index contributed by atoms with van der Waals surface area (Å²) >= 11 is 0. The van der Waals surface area contributed by atoms with Crippen molar-refractivity contribution in [3.63, 3.8) is 0 Å². The van der Waals surface area contributed by atoms with Crippen LogP contribution in [0.25, 0.3) is 11.1 Å². The Bertz CT molecular complexity index is 901. The Hall–Kier alpha value is -2.82. The van der Waals surface area contributed by atoms with E-state index in [1.807, 2.05) is 0 Å². The number of carbonyl (C=O) groups excluding carboxylic acids is 1. The number of aromatic amines is 1. The van der Waals surface area contributed by atoms with Crippen LogP contribution in [0.1, 0.15) is 56.3 Å². The molecule has 0 radical (unpaired) electrons. The first-order valence-corrected chi connectivity index (χ1v) is 10.8. The summed E-state index contributed by atoms with van der Waals surface area (Å²) in [5.41, 5.74) is 2.94. The number of H-pyrrole nitrogens is 1. The molecule has 3 rings (SSSR count). The van der Waals surface area contributed by atoms with E-state index in [0.29, 0.717) is 35.1 Å². The number of allylic oxidation sites excluding steroid dienone is 4. The third kappa shape index (κ3) is 5.41. The van der Waals surface area contributed by atoms with Crippen LogP contribution in [0.3, 0.4) is 0 Å². The molecule has 5 heteroatoms. The molecular formula is C25H31FN2O2. The van der Waals surface area contributed by atoms with Crippen LogP contribution in [0.15, 0.2) is 54.4 Å². The van der Waals surface area contributed by atoms with Crippen LogP contribution in [0.2, 0.25) is 0 Å². The number of phenols is 1. The maximum absolute atomic E-state index is 13.6. The Kier molecular flexibility index (Phi) is 7.50. The molecule has 2 aromatic rings. The lowest BCUT2D eigenvalue weighted by Gasteiger charge is -2.29. The highest BCUT2D eigenvalue weighted by Gasteiger charge is 2.24. The number of aromatic nitrogens is 1. The molecular weight excluding hydrogens is 379 g/mol. The molecule has 1 aromatic carbocycles. The zero-order valence-corrected chi connectivity index (χ0v) is 17.7. The van der Waals surface area contributed by atoms with Crippen molar-refractivity contribution < 1.29 is 14.3 Å². The molecule has 0 aliphatic heterocycles. The van der Waals surface area contributed by atoms with E-state index in [0.717, 1.165) is 38.2 Å². The van der Waals surface area contributed by atoms with E-state index in [9.17, 15) is 14.3 Å². The van der Waals surface area contributed by atoms with Gasteiger partial charge < -0.3 is 15.4 Å². The number of amides is 1. The summed E-state index contributed by atoms with van der Waals surface area (Å²) in [6, 6.07) is 3.81. The van der Waals surface area contributed by atoms with Crippen LogP contribution in [0.5, 0.6) is 5.75 Å². The fourth-order valence-corrected chi connectivity index (χ4v) is 4.35. The van der Waals surface area contributed by atoms with Gasteiger partial charge in [-0.1, -0.05) is 25.2 Å². The number of hydrogen-bond acceptors (Lipinski definition) is 2. The van der Waals surface area contributed by atoms with E-state index in [1.165, 1.54) is 17.7 Å². The van der Waals surface area contributed by atoms with Crippen LogP contribution in [-0.4, -0.2) is 22.5 Å². The summed E-state index contributed by atoms with van der Waals surface area (Å²) in [4.78, 5) is 15.7. The molecule has 0 spiro atoms. The molecule has 0 bridgehead atoms. The quantitative estimate of drug-likeness (QED) is 0.492. The summed E-state index contributed by atoms with van der Waals surface area (Å²) in [5, 5.41) is 12.7. The Balaban J connectivity index is 1.58. The molecule has 4 nitrogen and oxygen atoms in total. The average Bonchev–Trinajstić information content (AvgIpc) is 3.22. The SMILES string of the molecule is C/C=C\C(=C/CC)C1CCC(CNC(=O)c2c[nH]cc2-c2cc(O)cc(F)c2)CC1. The van der Waals surface area contributed by atoms with Gasteiger partial charge in [-0.2, -0.15) is 0 Å². The molecule has 1 heterocycles. The molecule has 1 fully saturated rings. The number of hydrogen-bond donors (Lipinski definition) is 3. The van der Waals surface area contributed by atoms with Gasteiger partial charge in [0.15, 0.2) is 0 Å². The second kappa shape index (κ2) is 10.3. The van der Waals surface area contributed by atoms with Crippen LogP contribution in [0.4, 0.5) is 4.39 Å². The molecule has 30 heavy (non-hydrogen) atoms. The lowest BCUT2D eigenvalue weighted by molar-refractivity contribution is 0.0943. The van der Waals surface area contributed by atoms with Crippen molar-refractivity contribution in [1.82, 2.24) is 10.3 Å². The minimum atomic E-state index is -0.538. The zero-order valence-electron chi connectivity index (χ0n) is 17.7. The van der Waals surface area contributed by atoms with E-state index in [-0.39, 0.29) is 11.7 Å². The normalized spacial score (nSPS) is 19.9. The van der Waals surface area contributed by atoms with Gasteiger partial charge in [0.2, 0.25) is 0 Å². The van der Waals surface area contributed by atoms with Gasteiger partial charge in [-0.05, 0) is 74.1 Å². The lowest BCUT2D eigenvalue weighted by atomic mass is 9.78. The van der Waals surface area contributed by atoms with E-state index in [4.69, 9.17) is 0 Å². The molecule has 0 saturated heterocycles. The maximum Gasteiger partial charge on any atom is 0.253 e. The van der Waals surface area contributed by atoms with Gasteiger partial charge in [0, 0.05) is 30.6 Å². The van der Waals surface area contributed by atoms with Crippen molar-refractivity contribution in [2.45, 2.75) is 46.0 Å². The van der Waals surface area contributed by atoms with Crippen molar-refractivity contribution in [3.05, 3.63) is 65.8 Å². The monoisotopic (exact) mass is 410 g/mol. The van der Waals surface area contributed by atoms with Gasteiger partial charge in [0.25, 0.3) is 5.91 Å². The smallest absolute Gasteiger partial charge is 0.253 e. The number of phenolic OH excluding ortho intramolecular Hbond substituents is 1. The number of benzene rings is 1. The summed E-state index contributed by atoms with van der Waals surface area (Å²) in [6.45, 7) is 4.87. The van der Waals surface area contributed by atoms with Crippen LogP contribution in [0, 0.1) is 17.7 Å². The summed E-state index contributed by atoms with van der Waals surface area (Å²) in [6.07, 6.45) is 15.5. The fourth-order valence-electron chi connectivity index (χ4n) is 4.35. The molecule has 0 unspecified atom stereocenters. The third-order valence-corrected chi connectivity index (χ3v) is 5.85. The average molecular weight is 411 g/mol. The van der Waals surface area contributed by atoms with Gasteiger partial charge in [0.1, 0.15) is 11.6 Å². The molecule has 3 N–H and O–H groups in total. The Labute approximate surface area is 177 Å². The van der Waals surface area contributed by atoms with E-state index < -0.39 is 5.82 Å². The van der Waals surface area contributed by atoms with Crippen molar-refractivity contribution in [1.29, 1.82) is 0 Å². The Morgan fingerprint density at radius 2 is 2.00 bits per heavy atom. The standard InChI is InChI=1S/C25H31FN2O2/c1-3-5-18(6-4-2)19-9-7-17(8-10-19)14-28-25(30)24-16-27-15-23(24)20-11-21(26)13-22(29)12-20/h3,5-6,11-13,15-17,19,27,29H,4,7-10,14H2,1-2H3,(H,28,30)/b5-3-,18-6+. The lowest BCUT2D eigenvalue weighted by Crippen LogP contribution is -2.31. The molecule has 1 aliphatic carbocycles. The maximum atomic E-state index is 13.6. The minimum absolute atomic E-state index is 0.163. The largest absolute Gasteiger partial charge is 0.508 e. The summed E-state index contributed by atoms with van der Waals surface area (Å²) in [5.74, 6) is 0.203. The minimum Gasteiger partial charge on any atom is -0.508 e. The Morgan fingerprint density at radius 1 is 1.23 bits per heavy atom. The van der Waals surface area contributed by atoms with E-state index in [1.54, 1.807) is 12.4 Å². The molecule has 1 saturated carbocycles. The number of carbonyl (C=O) groups is 1. The van der Waals surface area contributed by atoms with Crippen molar-refractivity contribution >= 4 is 5.91 Å². The van der Waals surface area contributed by atoms with Gasteiger partial charge in [-0.25, -0.2) is 4.39 Å². The number of aromatic hydroxyl groups is 1. The predicted octanol–water partition coefficient (Wildman–Crippen LogP) is 5.98. The van der Waals surface area contributed by atoms with Gasteiger partial charge in [-0.15, -0.1) is 0 Å². The van der Waals surface area contributed by atoms with Crippen molar-refractivity contribution in [3.8, 4) is 16.9 Å². The topological polar surface area (TPSA) is 65.1 Å². The third-order valence-electron chi connectivity index (χ3n) is 5.85. The van der Waals surface area contributed by atoms with Crippen molar-refractivity contribution in [2.24, 2.45) is 11.8 Å². The van der Waals surface area contributed by atoms with Gasteiger partial charge in [0.05, 0.1) is 5.56 Å². The highest BCUT2D eigenvalue weighted by molar-refractivity contribution is 6.00. The van der Waals surface area contributed by atoms with Crippen LogP contribution >= 0.6 is 0 Å². The fraction of sp³-hybridized carbons (Fsp3) is 0.400. The second-order valence-corrected chi connectivity index (χ2v) is 8.02. The number of halogens is 1. The van der Waals surface area contributed by atoms with E-state index >= 15 is 0 Å². The first-order valence-electron chi connectivity index (χ1n) is 10.8. The highest BCUT2D eigenvalue weighted by Crippen LogP contribution is 2.34. The van der Waals surface area contributed by atoms with Gasteiger partial charge >= 0.3 is 0 Å². The van der Waals surface area contributed by atoms with E-state index in [2.05, 4.69) is 42.4 Å². The zero-order chi connectivity index (χ0) is 21.5. The molecule has 1 aromatic heterocycles. The first-order chi connectivity index (χ1) is 14.5. The Morgan fingerprint density at radius 3 is 2.67 bits per heavy atom. The number of rotatable bonds is 7. The summed E-state index contributed by atoms with van der Waals surface area (Å²) in [7, 11) is 0.